The van der Waals surface area contributed by atoms with Crippen LogP contribution in [0.4, 0.5) is 0 Å². The first-order valence-corrected chi connectivity index (χ1v) is 5.61. The lowest BCUT2D eigenvalue weighted by Crippen LogP contribution is -2.23. The lowest BCUT2D eigenvalue weighted by Gasteiger charge is -2.03. The van der Waals surface area contributed by atoms with Gasteiger partial charge in [0.1, 0.15) is 6.33 Å². The topological polar surface area (TPSA) is 78.0 Å². The third-order valence-corrected chi connectivity index (χ3v) is 2.61. The Morgan fingerprint density at radius 2 is 2.24 bits per heavy atom. The minimum absolute atomic E-state index is 0.213. The van der Waals surface area contributed by atoms with Gasteiger partial charge < -0.3 is 0 Å². The fourth-order valence-corrected chi connectivity index (χ4v) is 1.83. The van der Waals surface area contributed by atoms with Crippen molar-refractivity contribution in [3.8, 4) is 0 Å². The SMILES string of the molecule is O=c1c2nnc3ccnn3c2ncn1CCS. The number of thiol groups is 1. The second-order valence-corrected chi connectivity index (χ2v) is 3.89. The minimum Gasteiger partial charge on any atom is -0.296 e. The Morgan fingerprint density at radius 3 is 3.06 bits per heavy atom. The summed E-state index contributed by atoms with van der Waals surface area (Å²) in [6, 6.07) is 1.70. The van der Waals surface area contributed by atoms with Crippen LogP contribution in [0, 0.1) is 0 Å². The number of hydrogen-bond donors (Lipinski definition) is 1. The molecule has 0 spiro atoms. The lowest BCUT2D eigenvalue weighted by molar-refractivity contribution is 0.717. The Labute approximate surface area is 101 Å². The fraction of sp³-hybridized carbons (Fsp3) is 0.222. The summed E-state index contributed by atoms with van der Waals surface area (Å²) in [7, 11) is 0. The summed E-state index contributed by atoms with van der Waals surface area (Å²) in [6.07, 6.45) is 3.06. The summed E-state index contributed by atoms with van der Waals surface area (Å²) in [5.41, 5.74) is 0.969. The van der Waals surface area contributed by atoms with Crippen LogP contribution in [-0.2, 0) is 6.54 Å². The molecule has 0 radical (unpaired) electrons. The van der Waals surface area contributed by atoms with Crippen LogP contribution in [-0.4, -0.2) is 35.1 Å². The lowest BCUT2D eigenvalue weighted by atomic mass is 10.5. The molecule has 0 bridgehead atoms. The number of fused-ring (bicyclic) bond motifs is 3. The van der Waals surface area contributed by atoms with Crippen LogP contribution in [0.15, 0.2) is 23.4 Å². The Morgan fingerprint density at radius 1 is 1.35 bits per heavy atom. The van der Waals surface area contributed by atoms with E-state index in [-0.39, 0.29) is 11.1 Å². The van der Waals surface area contributed by atoms with Crippen molar-refractivity contribution in [1.29, 1.82) is 0 Å². The van der Waals surface area contributed by atoms with Crippen molar-refractivity contribution in [2.24, 2.45) is 0 Å². The van der Waals surface area contributed by atoms with E-state index < -0.39 is 0 Å². The highest BCUT2D eigenvalue weighted by atomic mass is 32.1. The number of aromatic nitrogens is 6. The van der Waals surface area contributed by atoms with Crippen LogP contribution in [0.2, 0.25) is 0 Å². The van der Waals surface area contributed by atoms with E-state index in [2.05, 4.69) is 32.9 Å². The molecule has 86 valence electrons. The van der Waals surface area contributed by atoms with E-state index in [0.717, 1.165) is 0 Å². The van der Waals surface area contributed by atoms with Gasteiger partial charge in [0.15, 0.2) is 16.8 Å². The molecular weight excluding hydrogens is 240 g/mol. The molecule has 3 aromatic rings. The standard InChI is InChI=1S/C9H8N6OS/c16-9-7-8(10-5-14(9)3-4-17)15-6(12-13-7)1-2-11-15/h1-2,5,17H,3-4H2. The highest BCUT2D eigenvalue weighted by molar-refractivity contribution is 7.80. The molecule has 0 N–H and O–H groups in total. The van der Waals surface area contributed by atoms with E-state index in [1.54, 1.807) is 12.3 Å². The molecule has 0 aliphatic heterocycles. The predicted molar refractivity (Wildman–Crippen MR) is 64.2 cm³/mol. The van der Waals surface area contributed by atoms with E-state index in [9.17, 15) is 4.79 Å². The van der Waals surface area contributed by atoms with Gasteiger partial charge in [0.2, 0.25) is 0 Å². The summed E-state index contributed by atoms with van der Waals surface area (Å²) < 4.78 is 2.95. The van der Waals surface area contributed by atoms with Crippen LogP contribution >= 0.6 is 12.6 Å². The van der Waals surface area contributed by atoms with Crippen molar-refractivity contribution in [3.63, 3.8) is 0 Å². The van der Waals surface area contributed by atoms with E-state index in [1.807, 2.05) is 0 Å². The van der Waals surface area contributed by atoms with Crippen molar-refractivity contribution < 1.29 is 0 Å². The maximum atomic E-state index is 12.0. The summed E-state index contributed by atoms with van der Waals surface area (Å²) in [5.74, 6) is 0.560. The van der Waals surface area contributed by atoms with Gasteiger partial charge in [-0.25, -0.2) is 4.98 Å². The van der Waals surface area contributed by atoms with Crippen LogP contribution in [0.1, 0.15) is 0 Å². The quantitative estimate of drug-likeness (QED) is 0.633. The molecule has 3 rings (SSSR count). The first-order chi connectivity index (χ1) is 8.31. The largest absolute Gasteiger partial charge is 0.296 e. The fourth-order valence-electron chi connectivity index (χ4n) is 1.62. The first kappa shape index (κ1) is 10.2. The average Bonchev–Trinajstić information content (AvgIpc) is 2.81. The molecule has 0 saturated carbocycles. The third kappa shape index (κ3) is 1.48. The van der Waals surface area contributed by atoms with Crippen molar-refractivity contribution in [1.82, 2.24) is 29.4 Å². The van der Waals surface area contributed by atoms with Crippen LogP contribution in [0.3, 0.4) is 0 Å². The Bertz CT molecular complexity index is 748. The first-order valence-electron chi connectivity index (χ1n) is 4.97. The third-order valence-electron chi connectivity index (χ3n) is 2.41. The summed E-state index contributed by atoms with van der Waals surface area (Å²) in [4.78, 5) is 16.2. The van der Waals surface area contributed by atoms with Gasteiger partial charge in [-0.2, -0.15) is 22.2 Å². The maximum absolute atomic E-state index is 12.0. The average molecular weight is 248 g/mol. The highest BCUT2D eigenvalue weighted by Gasteiger charge is 2.09. The van der Waals surface area contributed by atoms with Crippen molar-refractivity contribution in [2.75, 3.05) is 5.75 Å². The molecule has 0 amide bonds. The second kappa shape index (κ2) is 3.81. The minimum atomic E-state index is -0.228. The number of rotatable bonds is 2. The summed E-state index contributed by atoms with van der Waals surface area (Å²) >= 11 is 4.08. The Hall–Kier alpha value is -1.96. The van der Waals surface area contributed by atoms with Crippen molar-refractivity contribution >= 4 is 29.4 Å². The van der Waals surface area contributed by atoms with Crippen LogP contribution in [0.5, 0.6) is 0 Å². The molecule has 0 unspecified atom stereocenters. The van der Waals surface area contributed by atoms with Gasteiger partial charge in [0, 0.05) is 18.4 Å². The molecule has 8 heteroatoms. The molecular formula is C9H8N6OS. The molecule has 0 aliphatic rings. The van der Waals surface area contributed by atoms with Gasteiger partial charge in [0.05, 0.1) is 6.20 Å². The zero-order valence-electron chi connectivity index (χ0n) is 8.69. The van der Waals surface area contributed by atoms with Gasteiger partial charge >= 0.3 is 0 Å². The molecule has 0 aliphatic carbocycles. The zero-order chi connectivity index (χ0) is 11.8. The molecule has 3 heterocycles. The normalized spacial score (nSPS) is 11.4. The monoisotopic (exact) mass is 248 g/mol. The number of nitrogens with zero attached hydrogens (tertiary/aromatic N) is 6. The van der Waals surface area contributed by atoms with Crippen LogP contribution < -0.4 is 5.56 Å². The number of aryl methyl sites for hydroxylation is 1. The van der Waals surface area contributed by atoms with Gasteiger partial charge in [0.25, 0.3) is 5.56 Å². The van der Waals surface area contributed by atoms with E-state index in [1.165, 1.54) is 15.4 Å². The van der Waals surface area contributed by atoms with E-state index in [0.29, 0.717) is 23.6 Å². The van der Waals surface area contributed by atoms with Crippen molar-refractivity contribution in [3.05, 3.63) is 28.9 Å². The molecule has 0 saturated heterocycles. The van der Waals surface area contributed by atoms with Gasteiger partial charge in [-0.05, 0) is 0 Å². The van der Waals surface area contributed by atoms with Gasteiger partial charge in [-0.15, -0.1) is 10.2 Å². The molecule has 0 aromatic carbocycles. The summed E-state index contributed by atoms with van der Waals surface area (Å²) in [6.45, 7) is 0.490. The van der Waals surface area contributed by atoms with E-state index in [4.69, 9.17) is 0 Å². The number of hydrogen-bond acceptors (Lipinski definition) is 6. The maximum Gasteiger partial charge on any atom is 0.283 e. The summed E-state index contributed by atoms with van der Waals surface area (Å²) in [5, 5.41) is 11.9. The molecule has 3 aromatic heterocycles. The van der Waals surface area contributed by atoms with Gasteiger partial charge in [-0.1, -0.05) is 0 Å². The molecule has 0 atom stereocenters. The van der Waals surface area contributed by atoms with E-state index >= 15 is 0 Å². The second-order valence-electron chi connectivity index (χ2n) is 3.44. The molecule has 7 nitrogen and oxygen atoms in total. The zero-order valence-corrected chi connectivity index (χ0v) is 9.58. The predicted octanol–water partition coefficient (Wildman–Crippen LogP) is -0.236. The highest BCUT2D eigenvalue weighted by Crippen LogP contribution is 2.04. The van der Waals surface area contributed by atoms with Gasteiger partial charge in [-0.3, -0.25) is 9.36 Å². The molecule has 17 heavy (non-hydrogen) atoms. The smallest absolute Gasteiger partial charge is 0.283 e. The molecule has 0 fully saturated rings. The van der Waals surface area contributed by atoms with Crippen molar-refractivity contribution in [2.45, 2.75) is 6.54 Å². The Kier molecular flexibility index (Phi) is 2.29. The van der Waals surface area contributed by atoms with Crippen LogP contribution in [0.25, 0.3) is 16.8 Å². The Balaban J connectivity index is 2.40.